The van der Waals surface area contributed by atoms with Crippen LogP contribution in [0.4, 0.5) is 0 Å². The number of halogens is 1. The Hall–Kier alpha value is -2.83. The zero-order valence-corrected chi connectivity index (χ0v) is 18.4. The van der Waals surface area contributed by atoms with Crippen molar-refractivity contribution in [2.45, 2.75) is 19.0 Å². The number of amides is 1. The number of hydrogen-bond acceptors (Lipinski definition) is 4. The molecule has 0 bridgehead atoms. The van der Waals surface area contributed by atoms with E-state index in [1.165, 1.54) is 6.08 Å². The molecule has 2 heterocycles. The number of rotatable bonds is 6. The topological polar surface area (TPSA) is 67.6 Å². The predicted octanol–water partition coefficient (Wildman–Crippen LogP) is 4.83. The average Bonchev–Trinajstić information content (AvgIpc) is 3.37. The number of furan rings is 1. The predicted molar refractivity (Wildman–Crippen MR) is 122 cm³/mol. The molecule has 0 aliphatic carbocycles. The van der Waals surface area contributed by atoms with Gasteiger partial charge in [-0.15, -0.1) is 0 Å². The van der Waals surface area contributed by atoms with Crippen molar-refractivity contribution < 1.29 is 17.6 Å². The van der Waals surface area contributed by atoms with E-state index in [0.29, 0.717) is 23.0 Å². The molecule has 160 valence electrons. The van der Waals surface area contributed by atoms with Crippen LogP contribution in [-0.4, -0.2) is 36.8 Å². The highest BCUT2D eigenvalue weighted by atomic mass is 35.5. The van der Waals surface area contributed by atoms with E-state index < -0.39 is 9.84 Å². The van der Waals surface area contributed by atoms with Crippen LogP contribution in [0, 0.1) is 0 Å². The van der Waals surface area contributed by atoms with Crippen molar-refractivity contribution in [3.63, 3.8) is 0 Å². The van der Waals surface area contributed by atoms with E-state index in [2.05, 4.69) is 0 Å². The van der Waals surface area contributed by atoms with Crippen LogP contribution in [0.25, 0.3) is 17.4 Å². The van der Waals surface area contributed by atoms with Gasteiger partial charge in [0.2, 0.25) is 5.91 Å². The largest absolute Gasteiger partial charge is 0.459 e. The van der Waals surface area contributed by atoms with Crippen molar-refractivity contribution in [3.8, 4) is 11.3 Å². The summed E-state index contributed by atoms with van der Waals surface area (Å²) in [5.74, 6) is 1.05. The molecular formula is C24H22ClNO4S. The third-order valence-corrected chi connectivity index (χ3v) is 7.23. The maximum absolute atomic E-state index is 13.0. The first-order valence-corrected chi connectivity index (χ1v) is 12.2. The summed E-state index contributed by atoms with van der Waals surface area (Å²) in [7, 11) is -3.14. The summed E-state index contributed by atoms with van der Waals surface area (Å²) in [5, 5.41) is 0.606. The second kappa shape index (κ2) is 9.12. The smallest absolute Gasteiger partial charge is 0.247 e. The summed E-state index contributed by atoms with van der Waals surface area (Å²) >= 11 is 6.07. The molecule has 0 saturated carbocycles. The van der Waals surface area contributed by atoms with Gasteiger partial charge in [0, 0.05) is 22.7 Å². The van der Waals surface area contributed by atoms with Gasteiger partial charge in [0.25, 0.3) is 0 Å². The highest BCUT2D eigenvalue weighted by molar-refractivity contribution is 7.91. The maximum atomic E-state index is 13.0. The molecule has 31 heavy (non-hydrogen) atoms. The van der Waals surface area contributed by atoms with Gasteiger partial charge in [-0.2, -0.15) is 0 Å². The standard InChI is InChI=1S/C24H22ClNO4S/c25-20-8-4-7-19(15-20)23-11-10-22(30-23)16-26(21-13-14-31(28,29)17-21)24(27)12-9-18-5-2-1-3-6-18/h1-12,15,21H,13-14,16-17H2/b12-9+/t21-/m0/s1. The van der Waals surface area contributed by atoms with E-state index in [9.17, 15) is 13.2 Å². The third kappa shape index (κ3) is 5.46. The fourth-order valence-corrected chi connectivity index (χ4v) is 5.58. The van der Waals surface area contributed by atoms with Gasteiger partial charge in [-0.3, -0.25) is 4.79 Å². The molecule has 1 atom stereocenters. The lowest BCUT2D eigenvalue weighted by atomic mass is 10.1. The van der Waals surface area contributed by atoms with Crippen molar-refractivity contribution in [1.82, 2.24) is 4.90 Å². The number of carbonyl (C=O) groups excluding carboxylic acids is 1. The molecule has 2 aromatic carbocycles. The quantitative estimate of drug-likeness (QED) is 0.499. The van der Waals surface area contributed by atoms with Crippen LogP contribution in [0.15, 0.2) is 77.2 Å². The third-order valence-electron chi connectivity index (χ3n) is 5.25. The monoisotopic (exact) mass is 455 g/mol. The van der Waals surface area contributed by atoms with Crippen LogP contribution in [-0.2, 0) is 21.2 Å². The number of nitrogens with zero attached hydrogens (tertiary/aromatic N) is 1. The average molecular weight is 456 g/mol. The number of sulfone groups is 1. The number of hydrogen-bond donors (Lipinski definition) is 0. The maximum Gasteiger partial charge on any atom is 0.247 e. The fourth-order valence-electron chi connectivity index (χ4n) is 3.66. The molecule has 1 aliphatic rings. The van der Waals surface area contributed by atoms with Crippen molar-refractivity contribution in [2.24, 2.45) is 0 Å². The first-order chi connectivity index (χ1) is 14.9. The van der Waals surface area contributed by atoms with E-state index in [4.69, 9.17) is 16.0 Å². The van der Waals surface area contributed by atoms with Crippen LogP contribution in [0.3, 0.4) is 0 Å². The Bertz CT molecular complexity index is 1200. The molecule has 1 saturated heterocycles. The van der Waals surface area contributed by atoms with Crippen molar-refractivity contribution in [3.05, 3.63) is 89.2 Å². The molecular weight excluding hydrogens is 434 g/mol. The molecule has 3 aromatic rings. The van der Waals surface area contributed by atoms with Gasteiger partial charge in [0.15, 0.2) is 9.84 Å². The van der Waals surface area contributed by atoms with E-state index in [1.54, 1.807) is 29.2 Å². The molecule has 5 nitrogen and oxygen atoms in total. The number of carbonyl (C=O) groups is 1. The Morgan fingerprint density at radius 2 is 1.90 bits per heavy atom. The summed E-state index contributed by atoms with van der Waals surface area (Å²) in [6, 6.07) is 20.1. The van der Waals surface area contributed by atoms with E-state index >= 15 is 0 Å². The molecule has 0 radical (unpaired) electrons. The van der Waals surface area contributed by atoms with Gasteiger partial charge in [0.1, 0.15) is 11.5 Å². The molecule has 0 unspecified atom stereocenters. The van der Waals surface area contributed by atoms with E-state index in [0.717, 1.165) is 11.1 Å². The van der Waals surface area contributed by atoms with Gasteiger partial charge < -0.3 is 9.32 Å². The van der Waals surface area contributed by atoms with Crippen molar-refractivity contribution in [2.75, 3.05) is 11.5 Å². The second-order valence-electron chi connectivity index (χ2n) is 7.54. The summed E-state index contributed by atoms with van der Waals surface area (Å²) < 4.78 is 30.0. The Morgan fingerprint density at radius 3 is 2.61 bits per heavy atom. The molecule has 1 amide bonds. The van der Waals surface area contributed by atoms with E-state index in [-0.39, 0.29) is 30.0 Å². The van der Waals surface area contributed by atoms with Crippen molar-refractivity contribution >= 4 is 33.4 Å². The van der Waals surface area contributed by atoms with Gasteiger partial charge in [-0.25, -0.2) is 8.42 Å². The van der Waals surface area contributed by atoms with Crippen LogP contribution in [0.1, 0.15) is 17.7 Å². The molecule has 0 spiro atoms. The Morgan fingerprint density at radius 1 is 1.10 bits per heavy atom. The molecule has 1 aliphatic heterocycles. The van der Waals surface area contributed by atoms with Crippen LogP contribution in [0.2, 0.25) is 5.02 Å². The molecule has 1 fully saturated rings. The highest BCUT2D eigenvalue weighted by Gasteiger charge is 2.34. The summed E-state index contributed by atoms with van der Waals surface area (Å²) in [5.41, 5.74) is 1.74. The molecule has 0 N–H and O–H groups in total. The fraction of sp³-hybridized carbons (Fsp3) is 0.208. The summed E-state index contributed by atoms with van der Waals surface area (Å²) in [4.78, 5) is 14.6. The molecule has 4 rings (SSSR count). The molecule has 7 heteroatoms. The lowest BCUT2D eigenvalue weighted by Gasteiger charge is -2.26. The van der Waals surface area contributed by atoms with E-state index in [1.807, 2.05) is 48.5 Å². The van der Waals surface area contributed by atoms with Gasteiger partial charge in [-0.1, -0.05) is 54.1 Å². The summed E-state index contributed by atoms with van der Waals surface area (Å²) in [6.45, 7) is 0.193. The first kappa shape index (κ1) is 21.4. The van der Waals surface area contributed by atoms with Crippen LogP contribution in [0.5, 0.6) is 0 Å². The minimum atomic E-state index is -3.14. The molecule has 1 aromatic heterocycles. The van der Waals surface area contributed by atoms with Crippen LogP contribution < -0.4 is 0 Å². The zero-order chi connectivity index (χ0) is 21.8. The Labute approximate surface area is 186 Å². The van der Waals surface area contributed by atoms with Crippen molar-refractivity contribution in [1.29, 1.82) is 0 Å². The normalized spacial score (nSPS) is 17.8. The minimum absolute atomic E-state index is 0.0280. The zero-order valence-electron chi connectivity index (χ0n) is 16.8. The first-order valence-electron chi connectivity index (χ1n) is 9.98. The lowest BCUT2D eigenvalue weighted by Crippen LogP contribution is -2.39. The second-order valence-corrected chi connectivity index (χ2v) is 10.2. The van der Waals surface area contributed by atoms with Crippen LogP contribution >= 0.6 is 11.6 Å². The summed E-state index contributed by atoms with van der Waals surface area (Å²) in [6.07, 6.45) is 3.65. The van der Waals surface area contributed by atoms with Gasteiger partial charge in [0.05, 0.1) is 18.1 Å². The minimum Gasteiger partial charge on any atom is -0.459 e. The highest BCUT2D eigenvalue weighted by Crippen LogP contribution is 2.27. The Balaban J connectivity index is 1.56. The number of benzene rings is 2. The lowest BCUT2D eigenvalue weighted by molar-refractivity contribution is -0.128. The SMILES string of the molecule is O=C(/C=C/c1ccccc1)N(Cc1ccc(-c2cccc(Cl)c2)o1)[C@H]1CCS(=O)(=O)C1. The van der Waals surface area contributed by atoms with Gasteiger partial charge in [-0.05, 0) is 42.3 Å². The Kier molecular flexibility index (Phi) is 6.30. The van der Waals surface area contributed by atoms with Gasteiger partial charge >= 0.3 is 0 Å².